The number of sulfonamides is 1. The molecule has 2 aromatic carbocycles. The molecule has 34 heavy (non-hydrogen) atoms. The van der Waals surface area contributed by atoms with Gasteiger partial charge in [0.2, 0.25) is 15.9 Å². The second-order valence-electron chi connectivity index (χ2n) is 7.56. The highest BCUT2D eigenvalue weighted by Gasteiger charge is 2.26. The quantitative estimate of drug-likeness (QED) is 0.475. The number of urea groups is 1. The summed E-state index contributed by atoms with van der Waals surface area (Å²) in [4.78, 5) is 26.2. The maximum absolute atomic E-state index is 13.1. The van der Waals surface area contributed by atoms with E-state index in [0.29, 0.717) is 31.9 Å². The molecule has 0 saturated carbocycles. The fourth-order valence-electron chi connectivity index (χ4n) is 3.34. The molecule has 2 N–H and O–H groups in total. The van der Waals surface area contributed by atoms with Crippen LogP contribution in [-0.2, 0) is 21.4 Å². The summed E-state index contributed by atoms with van der Waals surface area (Å²) in [6.07, 6.45) is 0.0380. The molecule has 0 aliphatic rings. The molecule has 0 radical (unpaired) electrons. The van der Waals surface area contributed by atoms with Crippen LogP contribution < -0.4 is 15.4 Å². The summed E-state index contributed by atoms with van der Waals surface area (Å²) in [5.74, 6) is -0.109. The molecule has 0 heterocycles. The minimum absolute atomic E-state index is 0.00619. The topological polar surface area (TPSA) is 108 Å². The van der Waals surface area contributed by atoms with E-state index in [1.165, 1.54) is 21.3 Å². The number of hydrogen-bond acceptors (Lipinski definition) is 5. The van der Waals surface area contributed by atoms with Crippen LogP contribution in [0, 0.1) is 0 Å². The molecule has 0 aliphatic heterocycles. The number of carbonyl (C=O) groups excluding carboxylic acids is 2. The lowest BCUT2D eigenvalue weighted by atomic mass is 10.2. The van der Waals surface area contributed by atoms with Crippen molar-refractivity contribution in [2.24, 2.45) is 0 Å². The van der Waals surface area contributed by atoms with Crippen LogP contribution >= 0.6 is 0 Å². The zero-order chi connectivity index (χ0) is 25.1. The van der Waals surface area contributed by atoms with Crippen LogP contribution in [-0.4, -0.2) is 62.9 Å². The maximum atomic E-state index is 13.1. The Morgan fingerprint density at radius 2 is 1.68 bits per heavy atom. The number of amides is 3. The van der Waals surface area contributed by atoms with Crippen molar-refractivity contribution in [3.05, 3.63) is 54.1 Å². The number of nitrogens with one attached hydrogen (secondary N) is 2. The third kappa shape index (κ3) is 7.46. The first-order valence-corrected chi connectivity index (χ1v) is 12.8. The van der Waals surface area contributed by atoms with Crippen LogP contribution in [0.5, 0.6) is 5.75 Å². The Balaban J connectivity index is 1.98. The van der Waals surface area contributed by atoms with Crippen LogP contribution in [0.1, 0.15) is 32.8 Å². The summed E-state index contributed by atoms with van der Waals surface area (Å²) in [5.41, 5.74) is 1.34. The summed E-state index contributed by atoms with van der Waals surface area (Å²) < 4.78 is 32.9. The van der Waals surface area contributed by atoms with E-state index in [0.717, 1.165) is 5.56 Å². The summed E-state index contributed by atoms with van der Waals surface area (Å²) in [6, 6.07) is 13.8. The number of ether oxygens (including phenoxy) is 1. The van der Waals surface area contributed by atoms with Gasteiger partial charge in [0, 0.05) is 45.3 Å². The van der Waals surface area contributed by atoms with Gasteiger partial charge in [-0.15, -0.1) is 0 Å². The van der Waals surface area contributed by atoms with Crippen LogP contribution in [0.25, 0.3) is 0 Å². The predicted octanol–water partition coefficient (Wildman–Crippen LogP) is 3.29. The molecule has 0 saturated heterocycles. The van der Waals surface area contributed by atoms with Gasteiger partial charge in [-0.1, -0.05) is 44.2 Å². The molecule has 2 aromatic rings. The van der Waals surface area contributed by atoms with Crippen molar-refractivity contribution in [3.63, 3.8) is 0 Å². The Hall–Kier alpha value is -3.11. The molecule has 0 spiro atoms. The van der Waals surface area contributed by atoms with Gasteiger partial charge in [-0.3, -0.25) is 4.79 Å². The van der Waals surface area contributed by atoms with Crippen molar-refractivity contribution >= 4 is 27.6 Å². The van der Waals surface area contributed by atoms with Gasteiger partial charge in [-0.05, 0) is 30.7 Å². The number of nitrogens with zero attached hydrogens (tertiary/aromatic N) is 2. The number of hydrogen-bond donors (Lipinski definition) is 2. The maximum Gasteiger partial charge on any atom is 0.317 e. The normalized spacial score (nSPS) is 11.2. The smallest absolute Gasteiger partial charge is 0.317 e. The monoisotopic (exact) mass is 490 g/mol. The van der Waals surface area contributed by atoms with Crippen molar-refractivity contribution in [2.45, 2.75) is 38.6 Å². The highest BCUT2D eigenvalue weighted by Crippen LogP contribution is 2.30. The van der Waals surface area contributed by atoms with Crippen molar-refractivity contribution in [1.29, 1.82) is 0 Å². The van der Waals surface area contributed by atoms with Crippen molar-refractivity contribution < 1.29 is 22.7 Å². The van der Waals surface area contributed by atoms with E-state index >= 15 is 0 Å². The average molecular weight is 491 g/mol. The molecule has 2 rings (SSSR count). The molecule has 0 unspecified atom stereocenters. The minimum Gasteiger partial charge on any atom is -0.492 e. The van der Waals surface area contributed by atoms with E-state index in [-0.39, 0.29) is 35.5 Å². The van der Waals surface area contributed by atoms with Gasteiger partial charge in [-0.25, -0.2) is 13.2 Å². The van der Waals surface area contributed by atoms with Crippen LogP contribution in [0.15, 0.2) is 53.4 Å². The Bertz CT molecular complexity index is 1060. The highest BCUT2D eigenvalue weighted by molar-refractivity contribution is 7.89. The molecular formula is C24H34N4O5S. The van der Waals surface area contributed by atoms with E-state index in [9.17, 15) is 18.0 Å². The minimum atomic E-state index is -3.78. The van der Waals surface area contributed by atoms with Gasteiger partial charge in [0.1, 0.15) is 10.6 Å². The largest absolute Gasteiger partial charge is 0.492 e. The molecule has 0 bridgehead atoms. The average Bonchev–Trinajstić information content (AvgIpc) is 2.81. The third-order valence-corrected chi connectivity index (χ3v) is 7.16. The molecular weight excluding hydrogens is 456 g/mol. The highest BCUT2D eigenvalue weighted by atomic mass is 32.2. The molecule has 0 aliphatic carbocycles. The Morgan fingerprint density at radius 1 is 1.00 bits per heavy atom. The summed E-state index contributed by atoms with van der Waals surface area (Å²) in [5, 5.41) is 5.41. The second-order valence-corrected chi connectivity index (χ2v) is 9.46. The van der Waals surface area contributed by atoms with Gasteiger partial charge in [0.15, 0.2) is 0 Å². The second kappa shape index (κ2) is 13.0. The Kier molecular flexibility index (Phi) is 10.3. The fourth-order valence-corrected chi connectivity index (χ4v) is 4.95. The van der Waals surface area contributed by atoms with Gasteiger partial charge in [0.05, 0.1) is 6.61 Å². The standard InChI is InChI=1S/C24H34N4O5S/c1-5-28(6-2)34(31,32)22-17-20(13-14-21(22)33-7-3)26-23(29)15-16-25-24(30)27(4)18-19-11-9-8-10-12-19/h8-14,17H,5-7,15-16,18H2,1-4H3,(H,25,30)(H,26,29). The van der Waals surface area contributed by atoms with E-state index in [1.54, 1.807) is 33.9 Å². The SMILES string of the molecule is CCOc1ccc(NC(=O)CCNC(=O)N(C)Cc2ccccc2)cc1S(=O)(=O)N(CC)CC. The molecule has 0 atom stereocenters. The molecule has 0 aromatic heterocycles. The lowest BCUT2D eigenvalue weighted by Gasteiger charge is -2.21. The van der Waals surface area contributed by atoms with Crippen molar-refractivity contribution in [1.82, 2.24) is 14.5 Å². The van der Waals surface area contributed by atoms with E-state index in [1.807, 2.05) is 30.3 Å². The lowest BCUT2D eigenvalue weighted by molar-refractivity contribution is -0.116. The van der Waals surface area contributed by atoms with Gasteiger partial charge < -0.3 is 20.3 Å². The number of anilines is 1. The number of carbonyl (C=O) groups is 2. The van der Waals surface area contributed by atoms with E-state index in [2.05, 4.69) is 10.6 Å². The van der Waals surface area contributed by atoms with Gasteiger partial charge in [0.25, 0.3) is 0 Å². The van der Waals surface area contributed by atoms with E-state index < -0.39 is 10.0 Å². The van der Waals surface area contributed by atoms with Crippen molar-refractivity contribution in [3.8, 4) is 5.75 Å². The van der Waals surface area contributed by atoms with Crippen molar-refractivity contribution in [2.75, 3.05) is 38.6 Å². The molecule has 3 amide bonds. The molecule has 0 fully saturated rings. The summed E-state index contributed by atoms with van der Waals surface area (Å²) in [7, 11) is -2.10. The van der Waals surface area contributed by atoms with Crippen LogP contribution in [0.3, 0.4) is 0 Å². The number of benzene rings is 2. The predicted molar refractivity (Wildman–Crippen MR) is 132 cm³/mol. The third-order valence-electron chi connectivity index (χ3n) is 5.09. The summed E-state index contributed by atoms with van der Waals surface area (Å²) >= 11 is 0. The first-order valence-electron chi connectivity index (χ1n) is 11.3. The zero-order valence-corrected chi connectivity index (χ0v) is 21.0. The van der Waals surface area contributed by atoms with Gasteiger partial charge >= 0.3 is 6.03 Å². The molecule has 9 nitrogen and oxygen atoms in total. The molecule has 10 heteroatoms. The van der Waals surface area contributed by atoms with Gasteiger partial charge in [-0.2, -0.15) is 4.31 Å². The van der Waals surface area contributed by atoms with Crippen LogP contribution in [0.4, 0.5) is 10.5 Å². The van der Waals surface area contributed by atoms with E-state index in [4.69, 9.17) is 4.74 Å². The zero-order valence-electron chi connectivity index (χ0n) is 20.2. The first kappa shape index (κ1) is 27.1. The summed E-state index contributed by atoms with van der Waals surface area (Å²) in [6.45, 7) is 6.84. The first-order chi connectivity index (χ1) is 16.2. The molecule has 186 valence electrons. The Labute approximate surface area is 202 Å². The number of rotatable bonds is 12. The Morgan fingerprint density at radius 3 is 2.29 bits per heavy atom. The van der Waals surface area contributed by atoms with Crippen LogP contribution in [0.2, 0.25) is 0 Å². The lowest BCUT2D eigenvalue weighted by Crippen LogP contribution is -2.38. The fraction of sp³-hybridized carbons (Fsp3) is 0.417.